The topological polar surface area (TPSA) is 41.1 Å². The molecule has 0 bridgehead atoms. The maximum Gasteiger partial charge on any atom is 0.220 e. The van der Waals surface area contributed by atoms with E-state index in [1.807, 2.05) is 6.92 Å². The molecule has 1 amide bonds. The third kappa shape index (κ3) is 3.53. The van der Waals surface area contributed by atoms with Crippen LogP contribution in [0.25, 0.3) is 0 Å². The maximum absolute atomic E-state index is 12.9. The molecule has 0 aromatic heterocycles. The lowest BCUT2D eigenvalue weighted by molar-refractivity contribution is -0.122. The van der Waals surface area contributed by atoms with Gasteiger partial charge in [-0.2, -0.15) is 0 Å². The average Bonchev–Trinajstić information content (AvgIpc) is 2.27. The molecule has 1 aromatic rings. The molecule has 0 radical (unpaired) electrons. The van der Waals surface area contributed by atoms with E-state index in [0.717, 1.165) is 30.6 Å². The number of nitrogens with one attached hydrogen (secondary N) is 2. The van der Waals surface area contributed by atoms with Crippen LogP contribution in [0.1, 0.15) is 17.5 Å². The van der Waals surface area contributed by atoms with Crippen molar-refractivity contribution in [2.45, 2.75) is 19.8 Å². The molecule has 18 heavy (non-hydrogen) atoms. The van der Waals surface area contributed by atoms with E-state index < -0.39 is 0 Å². The Morgan fingerprint density at radius 3 is 2.89 bits per heavy atom. The Hall–Kier alpha value is -1.42. The molecule has 1 aromatic carbocycles. The number of rotatable bonds is 5. The molecule has 1 saturated heterocycles. The molecule has 0 spiro atoms. The van der Waals surface area contributed by atoms with E-state index in [4.69, 9.17) is 0 Å². The predicted molar refractivity (Wildman–Crippen MR) is 68.8 cm³/mol. The van der Waals surface area contributed by atoms with Gasteiger partial charge in [-0.25, -0.2) is 4.39 Å². The molecule has 0 atom stereocenters. The van der Waals surface area contributed by atoms with E-state index in [9.17, 15) is 9.18 Å². The van der Waals surface area contributed by atoms with Crippen LogP contribution in [0.15, 0.2) is 18.2 Å². The SMILES string of the molecule is Cc1cc(F)ccc1CCNC(=O)CC1CNC1. The van der Waals surface area contributed by atoms with Crippen LogP contribution in [-0.4, -0.2) is 25.5 Å². The molecule has 0 aliphatic carbocycles. The Morgan fingerprint density at radius 1 is 1.50 bits per heavy atom. The summed E-state index contributed by atoms with van der Waals surface area (Å²) in [4.78, 5) is 11.6. The summed E-state index contributed by atoms with van der Waals surface area (Å²) in [5.74, 6) is 0.400. The van der Waals surface area contributed by atoms with Crippen molar-refractivity contribution in [2.75, 3.05) is 19.6 Å². The fraction of sp³-hybridized carbons (Fsp3) is 0.500. The fourth-order valence-electron chi connectivity index (χ4n) is 2.10. The van der Waals surface area contributed by atoms with Gasteiger partial charge in [0.1, 0.15) is 5.82 Å². The minimum Gasteiger partial charge on any atom is -0.356 e. The van der Waals surface area contributed by atoms with Crippen LogP contribution in [0, 0.1) is 18.7 Å². The largest absolute Gasteiger partial charge is 0.356 e. The van der Waals surface area contributed by atoms with Crippen molar-refractivity contribution < 1.29 is 9.18 Å². The van der Waals surface area contributed by atoms with Crippen LogP contribution < -0.4 is 10.6 Å². The Kier molecular flexibility index (Phi) is 4.31. The summed E-state index contributed by atoms with van der Waals surface area (Å²) in [7, 11) is 0. The number of benzene rings is 1. The van der Waals surface area contributed by atoms with Gasteiger partial charge in [-0.1, -0.05) is 6.07 Å². The van der Waals surface area contributed by atoms with E-state index in [0.29, 0.717) is 18.9 Å². The van der Waals surface area contributed by atoms with Gasteiger partial charge in [0.15, 0.2) is 0 Å². The van der Waals surface area contributed by atoms with Crippen molar-refractivity contribution in [2.24, 2.45) is 5.92 Å². The van der Waals surface area contributed by atoms with Crippen molar-refractivity contribution in [3.8, 4) is 0 Å². The highest BCUT2D eigenvalue weighted by Gasteiger charge is 2.19. The second kappa shape index (κ2) is 5.96. The zero-order chi connectivity index (χ0) is 13.0. The Labute approximate surface area is 107 Å². The average molecular weight is 250 g/mol. The van der Waals surface area contributed by atoms with Crippen LogP contribution in [0.2, 0.25) is 0 Å². The summed E-state index contributed by atoms with van der Waals surface area (Å²) in [6, 6.07) is 4.77. The Morgan fingerprint density at radius 2 is 2.28 bits per heavy atom. The van der Waals surface area contributed by atoms with Gasteiger partial charge in [0.25, 0.3) is 0 Å². The van der Waals surface area contributed by atoms with Gasteiger partial charge in [-0.15, -0.1) is 0 Å². The second-order valence-corrected chi connectivity index (χ2v) is 4.90. The summed E-state index contributed by atoms with van der Waals surface area (Å²) in [5, 5.41) is 6.06. The van der Waals surface area contributed by atoms with Gasteiger partial charge >= 0.3 is 0 Å². The lowest BCUT2D eigenvalue weighted by Crippen LogP contribution is -2.44. The molecule has 1 aliphatic rings. The van der Waals surface area contributed by atoms with E-state index in [1.165, 1.54) is 12.1 Å². The Bertz CT molecular complexity index is 430. The number of aryl methyl sites for hydroxylation is 1. The fourth-order valence-corrected chi connectivity index (χ4v) is 2.10. The molecule has 1 heterocycles. The zero-order valence-electron chi connectivity index (χ0n) is 10.6. The van der Waals surface area contributed by atoms with E-state index in [1.54, 1.807) is 6.07 Å². The van der Waals surface area contributed by atoms with Crippen molar-refractivity contribution in [3.63, 3.8) is 0 Å². The zero-order valence-corrected chi connectivity index (χ0v) is 10.6. The quantitative estimate of drug-likeness (QED) is 0.829. The summed E-state index contributed by atoms with van der Waals surface area (Å²) >= 11 is 0. The molecule has 3 nitrogen and oxygen atoms in total. The smallest absolute Gasteiger partial charge is 0.220 e. The van der Waals surface area contributed by atoms with Crippen LogP contribution in [0.3, 0.4) is 0 Å². The van der Waals surface area contributed by atoms with E-state index in [2.05, 4.69) is 10.6 Å². The molecule has 0 saturated carbocycles. The number of carbonyl (C=O) groups is 1. The van der Waals surface area contributed by atoms with Crippen molar-refractivity contribution >= 4 is 5.91 Å². The number of hydrogen-bond acceptors (Lipinski definition) is 2. The third-order valence-corrected chi connectivity index (χ3v) is 3.36. The first-order valence-electron chi connectivity index (χ1n) is 6.37. The molecular formula is C14H19FN2O. The van der Waals surface area contributed by atoms with Crippen LogP contribution >= 0.6 is 0 Å². The van der Waals surface area contributed by atoms with Crippen LogP contribution in [0.5, 0.6) is 0 Å². The minimum absolute atomic E-state index is 0.112. The molecule has 4 heteroatoms. The highest BCUT2D eigenvalue weighted by molar-refractivity contribution is 5.76. The Balaban J connectivity index is 1.72. The van der Waals surface area contributed by atoms with Gasteiger partial charge in [0, 0.05) is 13.0 Å². The molecule has 0 unspecified atom stereocenters. The number of carbonyl (C=O) groups excluding carboxylic acids is 1. The first-order chi connectivity index (χ1) is 8.65. The van der Waals surface area contributed by atoms with Gasteiger partial charge in [0.2, 0.25) is 5.91 Å². The van der Waals surface area contributed by atoms with Crippen molar-refractivity contribution in [1.29, 1.82) is 0 Å². The number of halogens is 1. The molecule has 1 aliphatic heterocycles. The van der Waals surface area contributed by atoms with Crippen molar-refractivity contribution in [1.82, 2.24) is 10.6 Å². The van der Waals surface area contributed by atoms with Gasteiger partial charge in [-0.3, -0.25) is 4.79 Å². The first kappa shape index (κ1) is 13.0. The molecule has 2 N–H and O–H groups in total. The molecule has 1 fully saturated rings. The summed E-state index contributed by atoms with van der Waals surface area (Å²) < 4.78 is 12.9. The van der Waals surface area contributed by atoms with E-state index in [-0.39, 0.29) is 11.7 Å². The summed E-state index contributed by atoms with van der Waals surface area (Å²) in [6.45, 7) is 4.40. The molecule has 2 rings (SSSR count). The number of amides is 1. The normalized spacial score (nSPS) is 15.2. The number of hydrogen-bond donors (Lipinski definition) is 2. The highest BCUT2D eigenvalue weighted by Crippen LogP contribution is 2.11. The van der Waals surface area contributed by atoms with Gasteiger partial charge in [0.05, 0.1) is 0 Å². The van der Waals surface area contributed by atoms with Crippen LogP contribution in [0.4, 0.5) is 4.39 Å². The maximum atomic E-state index is 12.9. The molecular weight excluding hydrogens is 231 g/mol. The van der Waals surface area contributed by atoms with E-state index >= 15 is 0 Å². The first-order valence-corrected chi connectivity index (χ1v) is 6.37. The van der Waals surface area contributed by atoms with Gasteiger partial charge in [-0.05, 0) is 55.6 Å². The monoisotopic (exact) mass is 250 g/mol. The van der Waals surface area contributed by atoms with Crippen molar-refractivity contribution in [3.05, 3.63) is 35.1 Å². The second-order valence-electron chi connectivity index (χ2n) is 4.90. The minimum atomic E-state index is -0.210. The lowest BCUT2D eigenvalue weighted by Gasteiger charge is -2.26. The highest BCUT2D eigenvalue weighted by atomic mass is 19.1. The lowest BCUT2D eigenvalue weighted by atomic mass is 9.99. The van der Waals surface area contributed by atoms with Crippen LogP contribution in [-0.2, 0) is 11.2 Å². The third-order valence-electron chi connectivity index (χ3n) is 3.36. The summed E-state index contributed by atoms with van der Waals surface area (Å²) in [6.07, 6.45) is 1.36. The molecule has 98 valence electrons. The standard InChI is InChI=1S/C14H19FN2O/c1-10-6-13(15)3-2-12(10)4-5-17-14(18)7-11-8-16-9-11/h2-3,6,11,16H,4-5,7-9H2,1H3,(H,17,18). The summed E-state index contributed by atoms with van der Waals surface area (Å²) in [5.41, 5.74) is 2.02. The van der Waals surface area contributed by atoms with Gasteiger partial charge < -0.3 is 10.6 Å². The predicted octanol–water partition coefficient (Wildman–Crippen LogP) is 1.40.